The molecule has 1 saturated heterocycles. The Morgan fingerprint density at radius 3 is 2.69 bits per heavy atom. The quantitative estimate of drug-likeness (QED) is 0.635. The number of benzene rings is 2. The van der Waals surface area contributed by atoms with E-state index in [1.165, 1.54) is 9.80 Å². The first-order valence-electron chi connectivity index (χ1n) is 11.9. The van der Waals surface area contributed by atoms with Crippen LogP contribution >= 0.6 is 0 Å². The minimum Gasteiger partial charge on any atom is -0.393 e. The average Bonchev–Trinajstić information content (AvgIpc) is 3.19. The minimum atomic E-state index is -1.38. The molecule has 6 nitrogen and oxygen atoms in total. The number of aliphatic hydroxyl groups is 1. The maximum atomic E-state index is 14.7. The summed E-state index contributed by atoms with van der Waals surface area (Å²) in [5, 5.41) is 20.2. The second-order valence-electron chi connectivity index (χ2n) is 9.43. The number of aliphatic hydroxyl groups excluding tert-OH is 1. The zero-order valence-electron chi connectivity index (χ0n) is 20.1. The summed E-state index contributed by atoms with van der Waals surface area (Å²) in [6.45, 7) is -0.118. The Balaban J connectivity index is 1.78. The molecule has 2 aromatic rings. The van der Waals surface area contributed by atoms with E-state index in [1.54, 1.807) is 36.4 Å². The summed E-state index contributed by atoms with van der Waals surface area (Å²) in [6, 6.07) is 12.8. The lowest BCUT2D eigenvalue weighted by Crippen LogP contribution is -2.55. The number of carbonyl (C=O) groups is 1. The SMILES string of the molecule is CN1CCC(N(CC#N)C(=O)N2CC(c3cc(F)ccc3F)=C[C@@]2(CO)c2ccccc2)CC(F)C1. The number of halogens is 3. The van der Waals surface area contributed by atoms with Crippen molar-refractivity contribution in [1.29, 1.82) is 5.26 Å². The second-order valence-corrected chi connectivity index (χ2v) is 9.43. The van der Waals surface area contributed by atoms with Gasteiger partial charge in [0.2, 0.25) is 0 Å². The molecule has 0 spiro atoms. The fourth-order valence-corrected chi connectivity index (χ4v) is 5.21. The first kappa shape index (κ1) is 25.7. The molecule has 4 rings (SSSR count). The summed E-state index contributed by atoms with van der Waals surface area (Å²) in [5.74, 6) is -1.29. The van der Waals surface area contributed by atoms with Gasteiger partial charge in [-0.05, 0) is 55.4 Å². The minimum absolute atomic E-state index is 0.00852. The maximum Gasteiger partial charge on any atom is 0.322 e. The maximum absolute atomic E-state index is 14.7. The van der Waals surface area contributed by atoms with E-state index < -0.39 is 42.0 Å². The van der Waals surface area contributed by atoms with Crippen LogP contribution in [0.1, 0.15) is 24.0 Å². The molecule has 2 aliphatic rings. The van der Waals surface area contributed by atoms with Crippen molar-refractivity contribution in [3.63, 3.8) is 0 Å². The molecule has 1 fully saturated rings. The van der Waals surface area contributed by atoms with E-state index >= 15 is 0 Å². The molecule has 0 aliphatic carbocycles. The summed E-state index contributed by atoms with van der Waals surface area (Å²) in [7, 11) is 1.81. The molecule has 190 valence electrons. The lowest BCUT2D eigenvalue weighted by molar-refractivity contribution is 0.0723. The van der Waals surface area contributed by atoms with Crippen molar-refractivity contribution >= 4 is 11.6 Å². The van der Waals surface area contributed by atoms with Crippen molar-refractivity contribution in [3.8, 4) is 6.07 Å². The van der Waals surface area contributed by atoms with Crippen LogP contribution in [0, 0.1) is 23.0 Å². The second kappa shape index (κ2) is 10.7. The number of amides is 2. The highest BCUT2D eigenvalue weighted by Crippen LogP contribution is 2.41. The number of rotatable bonds is 5. The largest absolute Gasteiger partial charge is 0.393 e. The van der Waals surface area contributed by atoms with E-state index in [0.717, 1.165) is 18.2 Å². The summed E-state index contributed by atoms with van der Waals surface area (Å²) >= 11 is 0. The Morgan fingerprint density at radius 2 is 2.00 bits per heavy atom. The Bertz CT molecular complexity index is 1170. The Labute approximate surface area is 208 Å². The van der Waals surface area contributed by atoms with Gasteiger partial charge in [-0.3, -0.25) is 0 Å². The molecule has 1 N–H and O–H groups in total. The Kier molecular flexibility index (Phi) is 7.67. The van der Waals surface area contributed by atoms with E-state index in [0.29, 0.717) is 24.1 Å². The van der Waals surface area contributed by atoms with Gasteiger partial charge in [0, 0.05) is 31.1 Å². The number of urea groups is 1. The molecule has 2 heterocycles. The van der Waals surface area contributed by atoms with Crippen LogP contribution in [0.5, 0.6) is 0 Å². The van der Waals surface area contributed by atoms with E-state index in [1.807, 2.05) is 18.0 Å². The molecule has 2 aliphatic heterocycles. The molecule has 2 amide bonds. The van der Waals surface area contributed by atoms with E-state index in [9.17, 15) is 28.3 Å². The van der Waals surface area contributed by atoms with Gasteiger partial charge in [-0.2, -0.15) is 5.26 Å². The van der Waals surface area contributed by atoms with Crippen molar-refractivity contribution < 1.29 is 23.1 Å². The van der Waals surface area contributed by atoms with Crippen LogP contribution in [0.25, 0.3) is 5.57 Å². The van der Waals surface area contributed by atoms with Gasteiger partial charge in [0.25, 0.3) is 0 Å². The Hall–Kier alpha value is -3.35. The van der Waals surface area contributed by atoms with Crippen molar-refractivity contribution in [1.82, 2.24) is 14.7 Å². The molecule has 0 aromatic heterocycles. The lowest BCUT2D eigenvalue weighted by Gasteiger charge is -2.41. The molecule has 2 unspecified atom stereocenters. The monoisotopic (exact) mass is 498 g/mol. The molecule has 3 atom stereocenters. The molecule has 0 saturated carbocycles. The van der Waals surface area contributed by atoms with Crippen molar-refractivity contribution in [2.24, 2.45) is 0 Å². The number of hydrogen-bond acceptors (Lipinski definition) is 4. The normalized spacial score (nSPS) is 24.7. The smallest absolute Gasteiger partial charge is 0.322 e. The first-order chi connectivity index (χ1) is 17.3. The standard InChI is InChI=1S/C27H29F3N4O2/c1-32-11-9-23(13-22(29)17-32)33(12-10-31)26(36)34-16-19(24-14-21(28)7-8-25(24)30)15-27(34,18-35)20-5-3-2-4-6-20/h2-8,14-15,22-23,35H,9,11-13,16-18H2,1H3/t22?,23?,27-/m1/s1. The van der Waals surface area contributed by atoms with Crippen LogP contribution in [-0.2, 0) is 5.54 Å². The number of likely N-dealkylation sites (tertiary alicyclic amines) is 1. The van der Waals surface area contributed by atoms with Crippen LogP contribution in [0.3, 0.4) is 0 Å². The fraction of sp³-hybridized carbons (Fsp3) is 0.407. The molecule has 2 aromatic carbocycles. The summed E-state index contributed by atoms with van der Waals surface area (Å²) in [6.07, 6.45) is 0.986. The third-order valence-electron chi connectivity index (χ3n) is 7.05. The molecule has 0 bridgehead atoms. The highest BCUT2D eigenvalue weighted by atomic mass is 19.1. The van der Waals surface area contributed by atoms with Crippen LogP contribution < -0.4 is 0 Å². The predicted molar refractivity (Wildman–Crippen MR) is 129 cm³/mol. The van der Waals surface area contributed by atoms with Crippen molar-refractivity contribution in [2.45, 2.75) is 30.6 Å². The van der Waals surface area contributed by atoms with Crippen molar-refractivity contribution in [3.05, 3.63) is 77.4 Å². The van der Waals surface area contributed by atoms with E-state index in [2.05, 4.69) is 0 Å². The van der Waals surface area contributed by atoms with Gasteiger partial charge in [-0.15, -0.1) is 0 Å². The molecule has 36 heavy (non-hydrogen) atoms. The number of nitriles is 1. The van der Waals surface area contributed by atoms with Gasteiger partial charge in [0.15, 0.2) is 0 Å². The number of carbonyl (C=O) groups excluding carboxylic acids is 1. The summed E-state index contributed by atoms with van der Waals surface area (Å²) in [4.78, 5) is 18.6. The van der Waals surface area contributed by atoms with Gasteiger partial charge in [-0.25, -0.2) is 18.0 Å². The van der Waals surface area contributed by atoms with Crippen LogP contribution in [0.4, 0.5) is 18.0 Å². The van der Waals surface area contributed by atoms with E-state index in [-0.39, 0.29) is 31.6 Å². The van der Waals surface area contributed by atoms with Crippen LogP contribution in [0.2, 0.25) is 0 Å². The molecular weight excluding hydrogens is 469 g/mol. The molecular formula is C27H29F3N4O2. The number of alkyl halides is 1. The average molecular weight is 499 g/mol. The fourth-order valence-electron chi connectivity index (χ4n) is 5.21. The van der Waals surface area contributed by atoms with Gasteiger partial charge in [0.1, 0.15) is 29.9 Å². The van der Waals surface area contributed by atoms with Crippen molar-refractivity contribution in [2.75, 3.05) is 39.8 Å². The van der Waals surface area contributed by atoms with Gasteiger partial charge >= 0.3 is 6.03 Å². The summed E-state index contributed by atoms with van der Waals surface area (Å²) in [5.41, 5.74) is -0.477. The third-order valence-corrected chi connectivity index (χ3v) is 7.05. The van der Waals surface area contributed by atoms with E-state index in [4.69, 9.17) is 0 Å². The Morgan fingerprint density at radius 1 is 1.25 bits per heavy atom. The lowest BCUT2D eigenvalue weighted by atomic mass is 9.89. The highest BCUT2D eigenvalue weighted by molar-refractivity contribution is 5.84. The van der Waals surface area contributed by atoms with Gasteiger partial charge in [0.05, 0.1) is 12.7 Å². The zero-order valence-corrected chi connectivity index (χ0v) is 20.1. The van der Waals surface area contributed by atoms with Gasteiger partial charge in [-0.1, -0.05) is 30.3 Å². The van der Waals surface area contributed by atoms with Crippen LogP contribution in [0.15, 0.2) is 54.6 Å². The molecule has 9 heteroatoms. The van der Waals surface area contributed by atoms with Gasteiger partial charge < -0.3 is 19.8 Å². The van der Waals surface area contributed by atoms with Crippen LogP contribution in [-0.4, -0.2) is 77.9 Å². The molecule has 0 radical (unpaired) electrons. The topological polar surface area (TPSA) is 70.8 Å². The highest BCUT2D eigenvalue weighted by Gasteiger charge is 2.47. The zero-order chi connectivity index (χ0) is 25.9. The summed E-state index contributed by atoms with van der Waals surface area (Å²) < 4.78 is 43.4. The first-order valence-corrected chi connectivity index (χ1v) is 11.9. The number of nitrogens with zero attached hydrogens (tertiary/aromatic N) is 4. The third kappa shape index (κ3) is 4.97. The number of hydrogen-bond donors (Lipinski definition) is 1. The predicted octanol–water partition coefficient (Wildman–Crippen LogP) is 3.93.